The molecule has 0 bridgehead atoms. The van der Waals surface area contributed by atoms with Crippen molar-refractivity contribution in [3.8, 4) is 0 Å². The molecule has 4 rings (SSSR count). The van der Waals surface area contributed by atoms with Crippen LogP contribution in [0, 0.1) is 11.3 Å². The molecule has 0 N–H and O–H groups in total. The fraction of sp³-hybridized carbons (Fsp3) is 0.435. The van der Waals surface area contributed by atoms with E-state index in [0.717, 1.165) is 38.0 Å². The van der Waals surface area contributed by atoms with Gasteiger partial charge in [-0.15, -0.1) is 0 Å². The lowest BCUT2D eigenvalue weighted by Gasteiger charge is -2.19. The third-order valence-electron chi connectivity index (χ3n) is 6.20. The van der Waals surface area contributed by atoms with Crippen molar-refractivity contribution < 1.29 is 9.59 Å². The predicted molar refractivity (Wildman–Crippen MR) is 107 cm³/mol. The van der Waals surface area contributed by atoms with Crippen molar-refractivity contribution in [2.24, 2.45) is 11.3 Å². The molecule has 1 aliphatic heterocycles. The number of aryl methyl sites for hydroxylation is 1. The largest absolute Gasteiger partial charge is 0.342 e. The molecule has 1 spiro atoms. The number of likely N-dealkylation sites (tertiary alicyclic amines) is 1. The molecule has 2 aromatic rings. The Balaban J connectivity index is 1.28. The Labute approximate surface area is 166 Å². The first kappa shape index (κ1) is 18.7. The second kappa shape index (κ2) is 7.74. The van der Waals surface area contributed by atoms with Gasteiger partial charge in [0.2, 0.25) is 11.8 Å². The maximum absolute atomic E-state index is 12.9. The molecule has 2 aliphatic rings. The fourth-order valence-corrected chi connectivity index (χ4v) is 4.39. The third-order valence-corrected chi connectivity index (χ3v) is 6.20. The third kappa shape index (κ3) is 3.93. The average molecular weight is 377 g/mol. The van der Waals surface area contributed by atoms with Crippen LogP contribution in [0.4, 0.5) is 0 Å². The van der Waals surface area contributed by atoms with Gasteiger partial charge in [-0.05, 0) is 37.0 Å². The Morgan fingerprint density at radius 1 is 1.18 bits per heavy atom. The van der Waals surface area contributed by atoms with Gasteiger partial charge in [-0.3, -0.25) is 14.6 Å². The maximum Gasteiger partial charge on any atom is 0.226 e. The van der Waals surface area contributed by atoms with Gasteiger partial charge < -0.3 is 9.80 Å². The van der Waals surface area contributed by atoms with E-state index in [1.165, 1.54) is 5.56 Å². The molecule has 1 aromatic heterocycles. The van der Waals surface area contributed by atoms with Crippen LogP contribution >= 0.6 is 0 Å². The van der Waals surface area contributed by atoms with Crippen LogP contribution in [0.1, 0.15) is 30.5 Å². The normalized spacial score (nSPS) is 23.0. The van der Waals surface area contributed by atoms with Crippen LogP contribution in [0.2, 0.25) is 0 Å². The number of hydrogen-bond acceptors (Lipinski definition) is 3. The van der Waals surface area contributed by atoms with Crippen molar-refractivity contribution in [2.75, 3.05) is 20.1 Å². The summed E-state index contributed by atoms with van der Waals surface area (Å²) in [5, 5.41) is 0. The highest BCUT2D eigenvalue weighted by Crippen LogP contribution is 2.59. The summed E-state index contributed by atoms with van der Waals surface area (Å²) in [5.41, 5.74) is 2.11. The molecular formula is C23H27N3O2. The first-order chi connectivity index (χ1) is 13.6. The fourth-order valence-electron chi connectivity index (χ4n) is 4.39. The Kier molecular flexibility index (Phi) is 5.16. The lowest BCUT2D eigenvalue weighted by Crippen LogP contribution is -2.32. The zero-order valence-corrected chi connectivity index (χ0v) is 16.4. The molecule has 5 heteroatoms. The summed E-state index contributed by atoms with van der Waals surface area (Å²) >= 11 is 0. The number of nitrogens with zero attached hydrogens (tertiary/aromatic N) is 3. The summed E-state index contributed by atoms with van der Waals surface area (Å²) in [4.78, 5) is 33.5. The Morgan fingerprint density at radius 2 is 1.96 bits per heavy atom. The van der Waals surface area contributed by atoms with E-state index in [-0.39, 0.29) is 23.1 Å². The zero-order chi connectivity index (χ0) is 19.6. The predicted octanol–water partition coefficient (Wildman–Crippen LogP) is 2.91. The van der Waals surface area contributed by atoms with Crippen molar-refractivity contribution >= 4 is 11.8 Å². The highest BCUT2D eigenvalue weighted by atomic mass is 16.2. The minimum Gasteiger partial charge on any atom is -0.342 e. The number of rotatable bonds is 6. The molecule has 1 saturated carbocycles. The number of hydrogen-bond donors (Lipinski definition) is 0. The van der Waals surface area contributed by atoms with Gasteiger partial charge in [0.05, 0.1) is 12.2 Å². The first-order valence-electron chi connectivity index (χ1n) is 10.0. The first-order valence-corrected chi connectivity index (χ1v) is 10.0. The molecule has 1 aliphatic carbocycles. The van der Waals surface area contributed by atoms with Crippen molar-refractivity contribution in [2.45, 2.75) is 32.2 Å². The number of pyridine rings is 1. The molecule has 28 heavy (non-hydrogen) atoms. The summed E-state index contributed by atoms with van der Waals surface area (Å²) < 4.78 is 0. The van der Waals surface area contributed by atoms with Crippen LogP contribution in [0.25, 0.3) is 0 Å². The van der Waals surface area contributed by atoms with Gasteiger partial charge in [0.1, 0.15) is 0 Å². The van der Waals surface area contributed by atoms with Gasteiger partial charge in [0, 0.05) is 44.1 Å². The van der Waals surface area contributed by atoms with Gasteiger partial charge in [0.15, 0.2) is 0 Å². The molecule has 2 amide bonds. The summed E-state index contributed by atoms with van der Waals surface area (Å²) in [7, 11) is 1.85. The van der Waals surface area contributed by atoms with E-state index in [4.69, 9.17) is 0 Å². The Bertz CT molecular complexity index is 839. The monoisotopic (exact) mass is 377 g/mol. The number of amides is 2. The van der Waals surface area contributed by atoms with E-state index in [1.54, 1.807) is 11.1 Å². The summed E-state index contributed by atoms with van der Waals surface area (Å²) in [5.74, 6) is 0.443. The van der Waals surface area contributed by atoms with Gasteiger partial charge in [-0.2, -0.15) is 0 Å². The molecule has 0 radical (unpaired) electrons. The molecule has 0 unspecified atom stereocenters. The van der Waals surface area contributed by atoms with Crippen LogP contribution in [-0.4, -0.2) is 46.7 Å². The SMILES string of the molecule is CN(Cc1ccccn1)C(=O)[C@H]1C[C@@]12CCN(C(=O)CCc1ccccc1)C2. The Hall–Kier alpha value is -2.69. The quantitative estimate of drug-likeness (QED) is 0.778. The molecule has 2 fully saturated rings. The molecular weight excluding hydrogens is 350 g/mol. The molecule has 2 atom stereocenters. The van der Waals surface area contributed by atoms with Crippen LogP contribution in [-0.2, 0) is 22.6 Å². The minimum atomic E-state index is 0.0118. The maximum atomic E-state index is 12.9. The van der Waals surface area contributed by atoms with Gasteiger partial charge in [-0.1, -0.05) is 36.4 Å². The second-order valence-corrected chi connectivity index (χ2v) is 8.19. The Morgan fingerprint density at radius 3 is 2.71 bits per heavy atom. The van der Waals surface area contributed by atoms with Gasteiger partial charge in [-0.25, -0.2) is 0 Å². The highest BCUT2D eigenvalue weighted by molar-refractivity contribution is 5.83. The van der Waals surface area contributed by atoms with E-state index in [9.17, 15) is 9.59 Å². The zero-order valence-electron chi connectivity index (χ0n) is 16.4. The summed E-state index contributed by atoms with van der Waals surface area (Å²) in [6.45, 7) is 2.04. The lowest BCUT2D eigenvalue weighted by atomic mass is 10.0. The van der Waals surface area contributed by atoms with Crippen molar-refractivity contribution in [1.29, 1.82) is 0 Å². The van der Waals surface area contributed by atoms with Crippen molar-refractivity contribution in [3.05, 3.63) is 66.0 Å². The summed E-state index contributed by atoms with van der Waals surface area (Å²) in [6, 6.07) is 15.9. The summed E-state index contributed by atoms with van der Waals surface area (Å²) in [6.07, 6.45) is 4.91. The number of aromatic nitrogens is 1. The van der Waals surface area contributed by atoms with Crippen LogP contribution in [0.3, 0.4) is 0 Å². The second-order valence-electron chi connectivity index (χ2n) is 8.19. The average Bonchev–Trinajstić information content (AvgIpc) is 3.26. The minimum absolute atomic E-state index is 0.0118. The van der Waals surface area contributed by atoms with Crippen molar-refractivity contribution in [1.82, 2.24) is 14.8 Å². The van der Waals surface area contributed by atoms with E-state index >= 15 is 0 Å². The lowest BCUT2D eigenvalue weighted by molar-refractivity contribution is -0.133. The molecule has 1 saturated heterocycles. The number of benzene rings is 1. The van der Waals surface area contributed by atoms with E-state index in [2.05, 4.69) is 17.1 Å². The van der Waals surface area contributed by atoms with Crippen LogP contribution in [0.5, 0.6) is 0 Å². The smallest absolute Gasteiger partial charge is 0.226 e. The van der Waals surface area contributed by atoms with Crippen molar-refractivity contribution in [3.63, 3.8) is 0 Å². The number of carbonyl (C=O) groups excluding carboxylic acids is 2. The van der Waals surface area contributed by atoms with Crippen LogP contribution in [0.15, 0.2) is 54.7 Å². The molecule has 2 heterocycles. The topological polar surface area (TPSA) is 53.5 Å². The van der Waals surface area contributed by atoms with E-state index in [0.29, 0.717) is 13.0 Å². The van der Waals surface area contributed by atoms with Gasteiger partial charge in [0.25, 0.3) is 0 Å². The highest BCUT2D eigenvalue weighted by Gasteiger charge is 2.61. The standard InChI is InChI=1S/C23H27N3O2/c1-25(16-19-9-5-6-13-24-19)22(28)20-15-23(20)12-14-26(17-23)21(27)11-10-18-7-3-2-4-8-18/h2-9,13,20H,10-12,14-17H2,1H3/t20-,23-/m1/s1. The molecule has 5 nitrogen and oxygen atoms in total. The van der Waals surface area contributed by atoms with E-state index in [1.807, 2.05) is 48.3 Å². The molecule has 1 aromatic carbocycles. The van der Waals surface area contributed by atoms with E-state index < -0.39 is 0 Å². The molecule has 146 valence electrons. The van der Waals surface area contributed by atoms with Crippen LogP contribution < -0.4 is 0 Å². The van der Waals surface area contributed by atoms with Gasteiger partial charge >= 0.3 is 0 Å². The number of carbonyl (C=O) groups is 2.